The highest BCUT2D eigenvalue weighted by Crippen LogP contribution is 2.27. The van der Waals surface area contributed by atoms with Gasteiger partial charge in [0.15, 0.2) is 0 Å². The lowest BCUT2D eigenvalue weighted by atomic mass is 10.0. The molecule has 3 nitrogen and oxygen atoms in total. The number of anilines is 1. The van der Waals surface area contributed by atoms with E-state index in [4.69, 9.17) is 5.73 Å². The third kappa shape index (κ3) is 3.31. The van der Waals surface area contributed by atoms with E-state index < -0.39 is 0 Å². The Morgan fingerprint density at radius 1 is 1.00 bits per heavy atom. The fourth-order valence-electron chi connectivity index (χ4n) is 2.91. The van der Waals surface area contributed by atoms with Crippen molar-refractivity contribution in [3.63, 3.8) is 0 Å². The predicted molar refractivity (Wildman–Crippen MR) is 85.8 cm³/mol. The highest BCUT2D eigenvalue weighted by molar-refractivity contribution is 5.93. The van der Waals surface area contributed by atoms with Crippen LogP contribution in [0.5, 0.6) is 0 Å². The van der Waals surface area contributed by atoms with Crippen LogP contribution in [0.15, 0.2) is 54.6 Å². The summed E-state index contributed by atoms with van der Waals surface area (Å²) in [6, 6.07) is 18.3. The molecule has 0 aliphatic heterocycles. The molecule has 0 radical (unpaired) electrons. The Hall–Kier alpha value is -2.13. The summed E-state index contributed by atoms with van der Waals surface area (Å²) in [6.45, 7) is 0. The van der Waals surface area contributed by atoms with Gasteiger partial charge in [0, 0.05) is 17.6 Å². The predicted octanol–water partition coefficient (Wildman–Crippen LogP) is 3.42. The lowest BCUT2D eigenvalue weighted by molar-refractivity contribution is -0.119. The second-order valence-electron chi connectivity index (χ2n) is 5.71. The van der Waals surface area contributed by atoms with E-state index in [9.17, 15) is 4.79 Å². The molecule has 1 amide bonds. The number of hydrogen-bond donors (Lipinski definition) is 2. The zero-order chi connectivity index (χ0) is 14.7. The first kappa shape index (κ1) is 13.8. The summed E-state index contributed by atoms with van der Waals surface area (Å²) in [5.41, 5.74) is 8.98. The number of benzene rings is 2. The highest BCUT2D eigenvalue weighted by Gasteiger charge is 2.27. The molecule has 0 aromatic heterocycles. The minimum atomic E-state index is 0.0559. The smallest absolute Gasteiger partial charge is 0.227 e. The van der Waals surface area contributed by atoms with Crippen molar-refractivity contribution in [2.45, 2.75) is 25.3 Å². The van der Waals surface area contributed by atoms with Crippen LogP contribution in [0.25, 0.3) is 11.1 Å². The topological polar surface area (TPSA) is 55.1 Å². The van der Waals surface area contributed by atoms with Gasteiger partial charge in [-0.15, -0.1) is 0 Å². The number of nitrogens with two attached hydrogens (primary N) is 1. The van der Waals surface area contributed by atoms with Crippen molar-refractivity contribution in [3.05, 3.63) is 54.6 Å². The summed E-state index contributed by atoms with van der Waals surface area (Å²) in [5, 5.41) is 3.02. The molecule has 0 bridgehead atoms. The number of amides is 1. The van der Waals surface area contributed by atoms with Crippen molar-refractivity contribution in [2.24, 2.45) is 11.7 Å². The molecule has 3 rings (SSSR count). The first-order valence-corrected chi connectivity index (χ1v) is 7.44. The molecule has 3 N–H and O–H groups in total. The third-order valence-electron chi connectivity index (χ3n) is 4.08. The fraction of sp³-hybridized carbons (Fsp3) is 0.278. The van der Waals surface area contributed by atoms with Gasteiger partial charge in [-0.3, -0.25) is 4.79 Å². The number of carbonyl (C=O) groups excluding carboxylic acids is 1. The molecule has 0 heterocycles. The number of nitrogens with one attached hydrogen (secondary N) is 1. The van der Waals surface area contributed by atoms with Crippen molar-refractivity contribution in [1.29, 1.82) is 0 Å². The van der Waals surface area contributed by atoms with Gasteiger partial charge in [-0.1, -0.05) is 42.5 Å². The van der Waals surface area contributed by atoms with E-state index >= 15 is 0 Å². The van der Waals surface area contributed by atoms with Gasteiger partial charge < -0.3 is 11.1 Å². The Balaban J connectivity index is 1.73. The van der Waals surface area contributed by atoms with Gasteiger partial charge in [0.1, 0.15) is 0 Å². The standard InChI is InChI=1S/C18H20N2O/c19-16-10-9-15(11-16)18(21)20-17-8-4-7-14(12-17)13-5-2-1-3-6-13/h1-8,12,15-16H,9-11,19H2,(H,20,21)/t15-,16+/m0/s1. The monoisotopic (exact) mass is 280 g/mol. The van der Waals surface area contributed by atoms with E-state index in [0.717, 1.165) is 36.1 Å². The zero-order valence-electron chi connectivity index (χ0n) is 12.0. The van der Waals surface area contributed by atoms with Crippen LogP contribution >= 0.6 is 0 Å². The maximum Gasteiger partial charge on any atom is 0.227 e. The lowest BCUT2D eigenvalue weighted by Crippen LogP contribution is -2.23. The Bertz CT molecular complexity index is 624. The molecule has 21 heavy (non-hydrogen) atoms. The third-order valence-corrected chi connectivity index (χ3v) is 4.08. The van der Waals surface area contributed by atoms with Gasteiger partial charge >= 0.3 is 0 Å². The van der Waals surface area contributed by atoms with Gasteiger partial charge in [0.2, 0.25) is 5.91 Å². The van der Waals surface area contributed by atoms with E-state index in [1.165, 1.54) is 0 Å². The second kappa shape index (κ2) is 6.10. The van der Waals surface area contributed by atoms with E-state index in [0.29, 0.717) is 0 Å². The van der Waals surface area contributed by atoms with Crippen molar-refractivity contribution in [2.75, 3.05) is 5.32 Å². The second-order valence-corrected chi connectivity index (χ2v) is 5.71. The molecule has 1 saturated carbocycles. The van der Waals surface area contributed by atoms with Crippen LogP contribution in [-0.4, -0.2) is 11.9 Å². The van der Waals surface area contributed by atoms with Crippen LogP contribution in [0, 0.1) is 5.92 Å². The molecule has 3 heteroatoms. The normalized spacial score (nSPS) is 21.2. The van der Waals surface area contributed by atoms with Gasteiger partial charge in [0.05, 0.1) is 0 Å². The summed E-state index contributed by atoms with van der Waals surface area (Å²) in [4.78, 5) is 12.2. The fourth-order valence-corrected chi connectivity index (χ4v) is 2.91. The maximum absolute atomic E-state index is 12.2. The molecule has 0 spiro atoms. The molecule has 2 aromatic rings. The van der Waals surface area contributed by atoms with Crippen LogP contribution in [0.4, 0.5) is 5.69 Å². The van der Waals surface area contributed by atoms with Crippen LogP contribution in [0.3, 0.4) is 0 Å². The van der Waals surface area contributed by atoms with Crippen LogP contribution < -0.4 is 11.1 Å². The number of hydrogen-bond acceptors (Lipinski definition) is 2. The lowest BCUT2D eigenvalue weighted by Gasteiger charge is -2.12. The summed E-state index contributed by atoms with van der Waals surface area (Å²) in [7, 11) is 0. The largest absolute Gasteiger partial charge is 0.328 e. The Morgan fingerprint density at radius 3 is 2.48 bits per heavy atom. The molecular weight excluding hydrogens is 260 g/mol. The van der Waals surface area contributed by atoms with E-state index in [-0.39, 0.29) is 17.9 Å². The molecular formula is C18H20N2O. The minimum absolute atomic E-state index is 0.0559. The highest BCUT2D eigenvalue weighted by atomic mass is 16.1. The van der Waals surface area contributed by atoms with Crippen LogP contribution in [0.2, 0.25) is 0 Å². The van der Waals surface area contributed by atoms with E-state index in [1.54, 1.807) is 0 Å². The Labute approximate surface area is 125 Å². The molecule has 0 saturated heterocycles. The summed E-state index contributed by atoms with van der Waals surface area (Å²) >= 11 is 0. The quantitative estimate of drug-likeness (QED) is 0.905. The molecule has 108 valence electrons. The molecule has 2 atom stereocenters. The average molecular weight is 280 g/mol. The summed E-state index contributed by atoms with van der Waals surface area (Å²) in [5.74, 6) is 0.147. The SMILES string of the molecule is N[C@@H]1CC[C@H](C(=O)Nc2cccc(-c3ccccc3)c2)C1. The Morgan fingerprint density at radius 2 is 1.76 bits per heavy atom. The average Bonchev–Trinajstić information content (AvgIpc) is 2.95. The van der Waals surface area contributed by atoms with E-state index in [2.05, 4.69) is 23.5 Å². The first-order chi connectivity index (χ1) is 10.2. The van der Waals surface area contributed by atoms with Crippen molar-refractivity contribution < 1.29 is 4.79 Å². The minimum Gasteiger partial charge on any atom is -0.328 e. The molecule has 2 aromatic carbocycles. The van der Waals surface area contributed by atoms with Crippen LogP contribution in [0.1, 0.15) is 19.3 Å². The summed E-state index contributed by atoms with van der Waals surface area (Å²) in [6.07, 6.45) is 2.64. The van der Waals surface area contributed by atoms with Crippen molar-refractivity contribution in [1.82, 2.24) is 0 Å². The molecule has 1 aliphatic rings. The summed E-state index contributed by atoms with van der Waals surface area (Å²) < 4.78 is 0. The maximum atomic E-state index is 12.2. The zero-order valence-corrected chi connectivity index (χ0v) is 12.0. The molecule has 0 unspecified atom stereocenters. The number of rotatable bonds is 3. The van der Waals surface area contributed by atoms with Gasteiger partial charge in [-0.25, -0.2) is 0 Å². The first-order valence-electron chi connectivity index (χ1n) is 7.44. The van der Waals surface area contributed by atoms with Gasteiger partial charge in [0.25, 0.3) is 0 Å². The van der Waals surface area contributed by atoms with Gasteiger partial charge in [-0.2, -0.15) is 0 Å². The van der Waals surface area contributed by atoms with Crippen LogP contribution in [-0.2, 0) is 4.79 Å². The van der Waals surface area contributed by atoms with Gasteiger partial charge in [-0.05, 0) is 42.5 Å². The molecule has 1 fully saturated rings. The Kier molecular flexibility index (Phi) is 4.02. The van der Waals surface area contributed by atoms with Crippen molar-refractivity contribution in [3.8, 4) is 11.1 Å². The van der Waals surface area contributed by atoms with E-state index in [1.807, 2.05) is 36.4 Å². The molecule has 1 aliphatic carbocycles. The number of carbonyl (C=O) groups is 1. The van der Waals surface area contributed by atoms with Crippen molar-refractivity contribution >= 4 is 11.6 Å².